The third kappa shape index (κ3) is 1.54. The molecule has 0 spiro atoms. The van der Waals surface area contributed by atoms with Gasteiger partial charge in [-0.15, -0.1) is 23.1 Å². The average molecular weight is 285 g/mol. The zero-order valence-electron chi connectivity index (χ0n) is 7.24. The first-order valence-corrected chi connectivity index (χ1v) is 6.63. The number of nitriles is 1. The molecular weight excluding hydrogens is 280 g/mol. The summed E-state index contributed by atoms with van der Waals surface area (Å²) in [4.78, 5) is 5.38. The Hall–Kier alpha value is -0.570. The zero-order chi connectivity index (χ0) is 10.1. The largest absolute Gasteiger partial charge is 0.225 e. The van der Waals surface area contributed by atoms with Crippen molar-refractivity contribution in [1.82, 2.24) is 4.98 Å². The molecule has 70 valence electrons. The number of thiazole rings is 1. The molecule has 0 amide bonds. The van der Waals surface area contributed by atoms with E-state index in [4.69, 9.17) is 5.26 Å². The molecule has 0 radical (unpaired) electrons. The third-order valence-electron chi connectivity index (χ3n) is 1.78. The van der Waals surface area contributed by atoms with Crippen molar-refractivity contribution in [2.45, 2.75) is 4.90 Å². The lowest BCUT2D eigenvalue weighted by molar-refractivity contribution is 1.36. The standard InChI is InChI=1S/C9H5BrN2S2/c1-13-5-2-3-6-9(8(5)10)12-7(4-11)14-6/h2-3H,1H3. The van der Waals surface area contributed by atoms with Crippen molar-refractivity contribution in [3.05, 3.63) is 21.6 Å². The summed E-state index contributed by atoms with van der Waals surface area (Å²) in [6.45, 7) is 0. The smallest absolute Gasteiger partial charge is 0.195 e. The fourth-order valence-corrected chi connectivity index (χ4v) is 3.45. The summed E-state index contributed by atoms with van der Waals surface area (Å²) in [5.74, 6) is 0. The topological polar surface area (TPSA) is 36.7 Å². The van der Waals surface area contributed by atoms with Gasteiger partial charge in [-0.2, -0.15) is 5.26 Å². The highest BCUT2D eigenvalue weighted by molar-refractivity contribution is 9.10. The minimum absolute atomic E-state index is 0.513. The fourth-order valence-electron chi connectivity index (χ4n) is 1.15. The molecule has 0 saturated carbocycles. The van der Waals surface area contributed by atoms with Gasteiger partial charge in [0.25, 0.3) is 0 Å². The lowest BCUT2D eigenvalue weighted by Crippen LogP contribution is -1.76. The van der Waals surface area contributed by atoms with E-state index >= 15 is 0 Å². The second-order valence-corrected chi connectivity index (χ2v) is 5.23. The number of rotatable bonds is 1. The molecule has 2 rings (SSSR count). The van der Waals surface area contributed by atoms with Crippen molar-refractivity contribution in [3.63, 3.8) is 0 Å². The van der Waals surface area contributed by atoms with Crippen molar-refractivity contribution >= 4 is 49.2 Å². The van der Waals surface area contributed by atoms with E-state index < -0.39 is 0 Å². The van der Waals surface area contributed by atoms with Crippen LogP contribution in [-0.4, -0.2) is 11.2 Å². The summed E-state index contributed by atoms with van der Waals surface area (Å²) in [5, 5.41) is 9.25. The van der Waals surface area contributed by atoms with Gasteiger partial charge >= 0.3 is 0 Å². The van der Waals surface area contributed by atoms with Crippen LogP contribution >= 0.6 is 39.0 Å². The molecule has 0 aliphatic rings. The maximum Gasteiger partial charge on any atom is 0.195 e. The minimum atomic E-state index is 0.513. The van der Waals surface area contributed by atoms with Crippen LogP contribution < -0.4 is 0 Å². The van der Waals surface area contributed by atoms with E-state index in [2.05, 4.69) is 27.0 Å². The molecule has 1 aromatic carbocycles. The van der Waals surface area contributed by atoms with E-state index in [9.17, 15) is 0 Å². The molecule has 0 saturated heterocycles. The van der Waals surface area contributed by atoms with Gasteiger partial charge in [0, 0.05) is 4.90 Å². The second kappa shape index (κ2) is 3.89. The van der Waals surface area contributed by atoms with Gasteiger partial charge in [0.1, 0.15) is 6.07 Å². The Morgan fingerprint density at radius 2 is 2.36 bits per heavy atom. The van der Waals surface area contributed by atoms with E-state index in [-0.39, 0.29) is 0 Å². The van der Waals surface area contributed by atoms with Crippen LogP contribution in [0.1, 0.15) is 5.01 Å². The number of fused-ring (bicyclic) bond motifs is 1. The van der Waals surface area contributed by atoms with Crippen LogP contribution in [0.5, 0.6) is 0 Å². The van der Waals surface area contributed by atoms with Crippen molar-refractivity contribution < 1.29 is 0 Å². The summed E-state index contributed by atoms with van der Waals surface area (Å²) in [5.41, 5.74) is 0.887. The fraction of sp³-hybridized carbons (Fsp3) is 0.111. The molecule has 0 fully saturated rings. The monoisotopic (exact) mass is 284 g/mol. The molecule has 0 atom stereocenters. The number of hydrogen-bond donors (Lipinski definition) is 0. The minimum Gasteiger partial charge on any atom is -0.225 e. The lowest BCUT2D eigenvalue weighted by Gasteiger charge is -1.99. The van der Waals surface area contributed by atoms with Gasteiger partial charge in [0.2, 0.25) is 0 Å². The summed E-state index contributed by atoms with van der Waals surface area (Å²) in [6.07, 6.45) is 2.02. The van der Waals surface area contributed by atoms with E-state index in [0.717, 1.165) is 19.6 Å². The van der Waals surface area contributed by atoms with Gasteiger partial charge in [-0.05, 0) is 34.3 Å². The van der Waals surface area contributed by atoms with Crippen molar-refractivity contribution in [2.75, 3.05) is 6.26 Å². The second-order valence-electron chi connectivity index (χ2n) is 2.56. The summed E-state index contributed by atoms with van der Waals surface area (Å²) >= 11 is 6.58. The molecule has 0 aliphatic carbocycles. The maximum absolute atomic E-state index is 8.73. The van der Waals surface area contributed by atoms with Crippen molar-refractivity contribution in [1.29, 1.82) is 5.26 Å². The Morgan fingerprint density at radius 3 is 3.00 bits per heavy atom. The molecule has 0 N–H and O–H groups in total. The van der Waals surface area contributed by atoms with Crippen LogP contribution in [-0.2, 0) is 0 Å². The van der Waals surface area contributed by atoms with Gasteiger partial charge < -0.3 is 0 Å². The van der Waals surface area contributed by atoms with Gasteiger partial charge in [-0.1, -0.05) is 0 Å². The average Bonchev–Trinajstić information content (AvgIpc) is 2.62. The first kappa shape index (κ1) is 9.97. The highest BCUT2D eigenvalue weighted by Gasteiger charge is 2.09. The van der Waals surface area contributed by atoms with Crippen LogP contribution in [0.4, 0.5) is 0 Å². The predicted octanol–water partition coefficient (Wildman–Crippen LogP) is 3.65. The molecule has 5 heteroatoms. The summed E-state index contributed by atoms with van der Waals surface area (Å²) < 4.78 is 2.03. The van der Waals surface area contributed by atoms with Crippen LogP contribution in [0.2, 0.25) is 0 Å². The Kier molecular flexibility index (Phi) is 2.77. The number of halogens is 1. The van der Waals surface area contributed by atoms with Gasteiger partial charge in [0.05, 0.1) is 14.7 Å². The van der Waals surface area contributed by atoms with E-state index in [1.165, 1.54) is 11.3 Å². The van der Waals surface area contributed by atoms with Crippen LogP contribution in [0, 0.1) is 11.3 Å². The van der Waals surface area contributed by atoms with Gasteiger partial charge in [0.15, 0.2) is 5.01 Å². The maximum atomic E-state index is 8.73. The van der Waals surface area contributed by atoms with Crippen LogP contribution in [0.25, 0.3) is 10.2 Å². The Bertz CT molecular complexity index is 527. The predicted molar refractivity (Wildman–Crippen MR) is 63.8 cm³/mol. The van der Waals surface area contributed by atoms with Gasteiger partial charge in [-0.25, -0.2) is 4.98 Å². The molecule has 1 aromatic heterocycles. The molecule has 0 aliphatic heterocycles. The normalized spacial score (nSPS) is 10.4. The van der Waals surface area contributed by atoms with Crippen molar-refractivity contribution in [3.8, 4) is 6.07 Å². The number of hydrogen-bond acceptors (Lipinski definition) is 4. The Labute approximate surface area is 98.1 Å². The molecule has 0 bridgehead atoms. The molecule has 0 unspecified atom stereocenters. The molecule has 2 nitrogen and oxygen atoms in total. The molecule has 14 heavy (non-hydrogen) atoms. The SMILES string of the molecule is CSc1ccc2sc(C#N)nc2c1Br. The number of aromatic nitrogens is 1. The first-order valence-electron chi connectivity index (χ1n) is 3.79. The molecule has 2 aromatic rings. The third-order valence-corrected chi connectivity index (χ3v) is 4.55. The lowest BCUT2D eigenvalue weighted by atomic mass is 10.3. The van der Waals surface area contributed by atoms with E-state index in [1.54, 1.807) is 11.8 Å². The van der Waals surface area contributed by atoms with Gasteiger partial charge in [-0.3, -0.25) is 0 Å². The summed E-state index contributed by atoms with van der Waals surface area (Å²) in [6, 6.07) is 6.10. The first-order chi connectivity index (χ1) is 6.76. The van der Waals surface area contributed by atoms with E-state index in [0.29, 0.717) is 5.01 Å². The zero-order valence-corrected chi connectivity index (χ0v) is 10.5. The van der Waals surface area contributed by atoms with Crippen molar-refractivity contribution in [2.24, 2.45) is 0 Å². The number of benzene rings is 1. The summed E-state index contributed by atoms with van der Waals surface area (Å²) in [7, 11) is 0. The van der Waals surface area contributed by atoms with Crippen LogP contribution in [0.3, 0.4) is 0 Å². The number of nitrogens with zero attached hydrogens (tertiary/aromatic N) is 2. The van der Waals surface area contributed by atoms with E-state index in [1.807, 2.05) is 18.4 Å². The highest BCUT2D eigenvalue weighted by Crippen LogP contribution is 2.34. The highest BCUT2D eigenvalue weighted by atomic mass is 79.9. The Morgan fingerprint density at radius 1 is 1.57 bits per heavy atom. The van der Waals surface area contributed by atoms with Crippen LogP contribution in [0.15, 0.2) is 21.5 Å². The molecule has 1 heterocycles. The quantitative estimate of drug-likeness (QED) is 0.750. The number of thioether (sulfide) groups is 1. The molecular formula is C9H5BrN2S2. The Balaban J connectivity index is 2.76.